The third-order valence-electron chi connectivity index (χ3n) is 4.48. The molecule has 0 radical (unpaired) electrons. The Hall–Kier alpha value is -1.01. The van der Waals surface area contributed by atoms with Gasteiger partial charge in [0.05, 0.1) is 11.8 Å². The van der Waals surface area contributed by atoms with Gasteiger partial charge in [-0.15, -0.1) is 0 Å². The standard InChI is InChI=1S/C16H25N3O2S/c1-12-8-13(2)19(17-12)10-16(20)18(14-5-7-22-11-14)9-15-4-3-6-21-15/h8,14-15H,3-7,9-11H2,1-2H3/t14-,15-/m0/s1. The minimum absolute atomic E-state index is 0.175. The molecule has 0 saturated carbocycles. The fraction of sp³-hybridized carbons (Fsp3) is 0.750. The summed E-state index contributed by atoms with van der Waals surface area (Å²) in [5.74, 6) is 2.38. The average Bonchev–Trinajstić information content (AvgIpc) is 3.20. The number of hydrogen-bond donors (Lipinski definition) is 0. The molecule has 2 fully saturated rings. The van der Waals surface area contributed by atoms with Gasteiger partial charge >= 0.3 is 0 Å². The van der Waals surface area contributed by atoms with Crippen LogP contribution in [0.5, 0.6) is 0 Å². The van der Waals surface area contributed by atoms with Crippen molar-refractivity contribution in [2.24, 2.45) is 0 Å². The van der Waals surface area contributed by atoms with E-state index in [1.54, 1.807) is 0 Å². The van der Waals surface area contributed by atoms with Gasteiger partial charge in [0.1, 0.15) is 6.54 Å². The van der Waals surface area contributed by atoms with Crippen molar-refractivity contribution in [2.75, 3.05) is 24.7 Å². The van der Waals surface area contributed by atoms with Crippen molar-refractivity contribution in [1.82, 2.24) is 14.7 Å². The Morgan fingerprint density at radius 3 is 2.95 bits per heavy atom. The van der Waals surface area contributed by atoms with Gasteiger partial charge in [-0.1, -0.05) is 0 Å². The van der Waals surface area contributed by atoms with Crippen molar-refractivity contribution < 1.29 is 9.53 Å². The Morgan fingerprint density at radius 1 is 1.50 bits per heavy atom. The minimum Gasteiger partial charge on any atom is -0.376 e. The summed E-state index contributed by atoms with van der Waals surface area (Å²) >= 11 is 1.94. The van der Waals surface area contributed by atoms with Crippen LogP contribution in [0.25, 0.3) is 0 Å². The molecule has 2 saturated heterocycles. The van der Waals surface area contributed by atoms with E-state index in [1.807, 2.05) is 36.4 Å². The maximum atomic E-state index is 12.8. The van der Waals surface area contributed by atoms with Crippen molar-refractivity contribution in [2.45, 2.75) is 51.8 Å². The zero-order valence-electron chi connectivity index (χ0n) is 13.5. The Balaban J connectivity index is 1.69. The van der Waals surface area contributed by atoms with Crippen molar-refractivity contribution in [1.29, 1.82) is 0 Å². The van der Waals surface area contributed by atoms with Gasteiger partial charge < -0.3 is 9.64 Å². The Kier molecular flexibility index (Phi) is 5.08. The number of rotatable bonds is 5. The lowest BCUT2D eigenvalue weighted by atomic mass is 10.1. The van der Waals surface area contributed by atoms with E-state index in [9.17, 15) is 4.79 Å². The number of nitrogens with zero attached hydrogens (tertiary/aromatic N) is 3. The smallest absolute Gasteiger partial charge is 0.244 e. The number of carbonyl (C=O) groups excluding carboxylic acids is 1. The normalized spacial score (nSPS) is 24.8. The highest BCUT2D eigenvalue weighted by Crippen LogP contribution is 2.25. The third-order valence-corrected chi connectivity index (χ3v) is 5.62. The van der Waals surface area contributed by atoms with E-state index >= 15 is 0 Å². The first-order valence-electron chi connectivity index (χ1n) is 8.13. The van der Waals surface area contributed by atoms with E-state index in [2.05, 4.69) is 10.00 Å². The summed E-state index contributed by atoms with van der Waals surface area (Å²) in [5, 5.41) is 4.42. The molecule has 6 heteroatoms. The molecular weight excluding hydrogens is 298 g/mol. The van der Waals surface area contributed by atoms with Gasteiger partial charge in [0.25, 0.3) is 0 Å². The van der Waals surface area contributed by atoms with E-state index in [-0.39, 0.29) is 12.0 Å². The van der Waals surface area contributed by atoms with Crippen molar-refractivity contribution in [3.8, 4) is 0 Å². The zero-order valence-corrected chi connectivity index (χ0v) is 14.3. The van der Waals surface area contributed by atoms with Crippen LogP contribution in [0.1, 0.15) is 30.7 Å². The number of aryl methyl sites for hydroxylation is 2. The number of hydrogen-bond acceptors (Lipinski definition) is 4. The molecule has 0 aromatic carbocycles. The third kappa shape index (κ3) is 3.66. The van der Waals surface area contributed by atoms with E-state index in [0.717, 1.165) is 55.3 Å². The second-order valence-corrected chi connectivity index (χ2v) is 7.43. The summed E-state index contributed by atoms with van der Waals surface area (Å²) in [4.78, 5) is 14.9. The number of thioether (sulfide) groups is 1. The first kappa shape index (κ1) is 15.9. The van der Waals surface area contributed by atoms with Crippen LogP contribution in [0.4, 0.5) is 0 Å². The van der Waals surface area contributed by atoms with Gasteiger partial charge in [-0.3, -0.25) is 9.48 Å². The summed E-state index contributed by atoms with van der Waals surface area (Å²) in [6.07, 6.45) is 3.50. The van der Waals surface area contributed by atoms with Crippen molar-refractivity contribution in [3.05, 3.63) is 17.5 Å². The van der Waals surface area contributed by atoms with Gasteiger partial charge in [0.2, 0.25) is 5.91 Å². The summed E-state index contributed by atoms with van der Waals surface area (Å²) in [6, 6.07) is 2.38. The van der Waals surface area contributed by atoms with Crippen molar-refractivity contribution >= 4 is 17.7 Å². The molecule has 122 valence electrons. The SMILES string of the molecule is Cc1cc(C)n(CC(=O)N(C[C@@H]2CCCO2)[C@H]2CCSC2)n1. The van der Waals surface area contributed by atoms with Gasteiger partial charge in [-0.25, -0.2) is 0 Å². The second kappa shape index (κ2) is 7.04. The molecule has 22 heavy (non-hydrogen) atoms. The van der Waals surface area contributed by atoms with Gasteiger partial charge in [0.15, 0.2) is 0 Å². The van der Waals surface area contributed by atoms with Crippen LogP contribution in [0.15, 0.2) is 6.07 Å². The van der Waals surface area contributed by atoms with E-state index in [4.69, 9.17) is 4.74 Å². The highest BCUT2D eigenvalue weighted by atomic mass is 32.2. The van der Waals surface area contributed by atoms with Gasteiger partial charge in [-0.2, -0.15) is 16.9 Å². The molecular formula is C16H25N3O2S. The number of aromatic nitrogens is 2. The lowest BCUT2D eigenvalue weighted by molar-refractivity contribution is -0.135. The van der Waals surface area contributed by atoms with Crippen LogP contribution >= 0.6 is 11.8 Å². The molecule has 2 aliphatic rings. The van der Waals surface area contributed by atoms with Gasteiger partial charge in [-0.05, 0) is 44.9 Å². The van der Waals surface area contributed by atoms with E-state index < -0.39 is 0 Å². The lowest BCUT2D eigenvalue weighted by Gasteiger charge is -2.31. The lowest BCUT2D eigenvalue weighted by Crippen LogP contribution is -2.46. The average molecular weight is 323 g/mol. The zero-order chi connectivity index (χ0) is 15.5. The summed E-state index contributed by atoms with van der Waals surface area (Å²) in [7, 11) is 0. The molecule has 0 aliphatic carbocycles. The molecule has 3 heterocycles. The highest BCUT2D eigenvalue weighted by molar-refractivity contribution is 7.99. The fourth-order valence-electron chi connectivity index (χ4n) is 3.28. The van der Waals surface area contributed by atoms with E-state index in [0.29, 0.717) is 12.6 Å². The quantitative estimate of drug-likeness (QED) is 0.832. The molecule has 3 rings (SSSR count). The minimum atomic E-state index is 0.175. The largest absolute Gasteiger partial charge is 0.376 e. The molecule has 2 atom stereocenters. The van der Waals surface area contributed by atoms with Crippen LogP contribution in [0, 0.1) is 13.8 Å². The molecule has 0 spiro atoms. The molecule has 1 amide bonds. The van der Waals surface area contributed by atoms with Crippen LogP contribution < -0.4 is 0 Å². The van der Waals surface area contributed by atoms with Crippen LogP contribution in [-0.2, 0) is 16.1 Å². The van der Waals surface area contributed by atoms with Gasteiger partial charge in [0, 0.05) is 30.6 Å². The topological polar surface area (TPSA) is 47.4 Å². The number of amides is 1. The van der Waals surface area contributed by atoms with Crippen LogP contribution in [0.3, 0.4) is 0 Å². The maximum absolute atomic E-state index is 12.8. The van der Waals surface area contributed by atoms with Crippen LogP contribution in [0.2, 0.25) is 0 Å². The molecule has 1 aromatic rings. The monoisotopic (exact) mass is 323 g/mol. The maximum Gasteiger partial charge on any atom is 0.244 e. The molecule has 0 N–H and O–H groups in total. The molecule has 0 unspecified atom stereocenters. The molecule has 1 aromatic heterocycles. The predicted molar refractivity (Wildman–Crippen MR) is 88.1 cm³/mol. The number of ether oxygens (including phenoxy) is 1. The Labute approximate surface area is 136 Å². The first-order chi connectivity index (χ1) is 10.6. The molecule has 2 aliphatic heterocycles. The predicted octanol–water partition coefficient (Wildman–Crippen LogP) is 2.01. The summed E-state index contributed by atoms with van der Waals surface area (Å²) < 4.78 is 7.57. The molecule has 0 bridgehead atoms. The second-order valence-electron chi connectivity index (χ2n) is 6.28. The summed E-state index contributed by atoms with van der Waals surface area (Å²) in [6.45, 7) is 5.88. The van der Waals surface area contributed by atoms with E-state index in [1.165, 1.54) is 0 Å². The Morgan fingerprint density at radius 2 is 2.36 bits per heavy atom. The first-order valence-corrected chi connectivity index (χ1v) is 9.29. The van der Waals surface area contributed by atoms with Crippen LogP contribution in [-0.4, -0.2) is 57.4 Å². The number of carbonyl (C=O) groups is 1. The van der Waals surface area contributed by atoms with Crippen molar-refractivity contribution in [3.63, 3.8) is 0 Å². The highest BCUT2D eigenvalue weighted by Gasteiger charge is 2.30. The summed E-state index contributed by atoms with van der Waals surface area (Å²) in [5.41, 5.74) is 2.01. The fourth-order valence-corrected chi connectivity index (χ4v) is 4.51. The Bertz CT molecular complexity index is 519. The molecule has 5 nitrogen and oxygen atoms in total.